The number of carbonyl (C=O) groups is 2. The van der Waals surface area contributed by atoms with Crippen LogP contribution in [0.4, 0.5) is 0 Å². The van der Waals surface area contributed by atoms with Gasteiger partial charge in [-0.3, -0.25) is 9.59 Å². The maximum Gasteiger partial charge on any atom is 0.310 e. The quantitative estimate of drug-likeness (QED) is 0.374. The monoisotopic (exact) mass is 188 g/mol. The van der Waals surface area contributed by atoms with E-state index in [0.717, 1.165) is 6.26 Å². The summed E-state index contributed by atoms with van der Waals surface area (Å²) in [5.41, 5.74) is 0. The molecule has 0 saturated heterocycles. The molecule has 0 rings (SSSR count). The molecular weight excluding hydrogens is 176 g/mol. The Morgan fingerprint density at radius 2 is 2.25 bits per heavy atom. The zero-order valence-electron chi connectivity index (χ0n) is 7.04. The lowest BCUT2D eigenvalue weighted by Crippen LogP contribution is -1.99. The van der Waals surface area contributed by atoms with Crippen LogP contribution in [-0.2, 0) is 14.3 Å². The Labute approximate surface area is 76.2 Å². The molecule has 68 valence electrons. The van der Waals surface area contributed by atoms with Gasteiger partial charge in [0.1, 0.15) is 0 Å². The van der Waals surface area contributed by atoms with Crippen molar-refractivity contribution in [2.75, 3.05) is 5.75 Å². The van der Waals surface area contributed by atoms with Gasteiger partial charge in [-0.1, -0.05) is 18.3 Å². The number of thioether (sulfide) groups is 1. The van der Waals surface area contributed by atoms with Gasteiger partial charge in [-0.25, -0.2) is 0 Å². The fourth-order valence-electron chi connectivity index (χ4n) is 0.584. The molecule has 0 saturated carbocycles. The molecule has 0 amide bonds. The minimum atomic E-state index is -0.297. The highest BCUT2D eigenvalue weighted by molar-refractivity contribution is 8.13. The molecule has 0 atom stereocenters. The van der Waals surface area contributed by atoms with Crippen molar-refractivity contribution in [2.45, 2.75) is 19.8 Å². The van der Waals surface area contributed by atoms with Crippen molar-refractivity contribution in [1.82, 2.24) is 0 Å². The molecule has 0 heterocycles. The topological polar surface area (TPSA) is 43.4 Å². The lowest BCUT2D eigenvalue weighted by molar-refractivity contribution is -0.138. The maximum absolute atomic E-state index is 10.7. The van der Waals surface area contributed by atoms with E-state index in [1.165, 1.54) is 18.7 Å². The van der Waals surface area contributed by atoms with Gasteiger partial charge in [-0.2, -0.15) is 0 Å². The molecule has 0 aliphatic carbocycles. The summed E-state index contributed by atoms with van der Waals surface area (Å²) in [6.07, 6.45) is 2.11. The fraction of sp³-hybridized carbons (Fsp3) is 0.500. The van der Waals surface area contributed by atoms with Crippen molar-refractivity contribution in [1.29, 1.82) is 0 Å². The summed E-state index contributed by atoms with van der Waals surface area (Å²) in [4.78, 5) is 21.1. The van der Waals surface area contributed by atoms with Crippen LogP contribution in [0.3, 0.4) is 0 Å². The fourth-order valence-corrected chi connectivity index (χ4v) is 1.16. The van der Waals surface area contributed by atoms with Gasteiger partial charge in [-0.05, 0) is 6.42 Å². The van der Waals surface area contributed by atoms with E-state index in [0.29, 0.717) is 18.6 Å². The van der Waals surface area contributed by atoms with Gasteiger partial charge in [0.25, 0.3) is 0 Å². The first-order valence-electron chi connectivity index (χ1n) is 3.60. The number of rotatable bonds is 5. The average Bonchev–Trinajstić information content (AvgIpc) is 1.98. The number of ether oxygens (including phenoxy) is 1. The summed E-state index contributed by atoms with van der Waals surface area (Å²) in [6, 6.07) is 0. The Hall–Kier alpha value is -0.770. The van der Waals surface area contributed by atoms with Crippen molar-refractivity contribution in [2.24, 2.45) is 0 Å². The van der Waals surface area contributed by atoms with E-state index in [2.05, 4.69) is 11.3 Å². The Balaban J connectivity index is 3.25. The summed E-state index contributed by atoms with van der Waals surface area (Å²) in [5.74, 6) is 0.371. The molecular formula is C8H12O3S. The van der Waals surface area contributed by atoms with E-state index in [9.17, 15) is 9.59 Å². The Morgan fingerprint density at radius 1 is 1.58 bits per heavy atom. The molecule has 0 aromatic carbocycles. The minimum Gasteiger partial charge on any atom is -0.435 e. The zero-order chi connectivity index (χ0) is 9.40. The third-order valence-electron chi connectivity index (χ3n) is 1.05. The lowest BCUT2D eigenvalue weighted by atomic mass is 10.3. The largest absolute Gasteiger partial charge is 0.435 e. The molecule has 4 heteroatoms. The molecule has 0 radical (unpaired) electrons. The Bertz CT molecular complexity index is 177. The summed E-state index contributed by atoms with van der Waals surface area (Å²) in [7, 11) is 0. The summed E-state index contributed by atoms with van der Waals surface area (Å²) in [6.45, 7) is 4.76. The van der Waals surface area contributed by atoms with Gasteiger partial charge in [-0.15, -0.1) is 0 Å². The molecule has 0 aliphatic rings. The molecule has 0 unspecified atom stereocenters. The maximum atomic E-state index is 10.7. The Morgan fingerprint density at radius 3 is 2.75 bits per heavy atom. The van der Waals surface area contributed by atoms with Gasteiger partial charge in [0.2, 0.25) is 0 Å². The van der Waals surface area contributed by atoms with Crippen molar-refractivity contribution < 1.29 is 14.3 Å². The van der Waals surface area contributed by atoms with Crippen LogP contribution in [-0.4, -0.2) is 16.8 Å². The second kappa shape index (κ2) is 6.91. The van der Waals surface area contributed by atoms with Crippen molar-refractivity contribution in [3.63, 3.8) is 0 Å². The van der Waals surface area contributed by atoms with Crippen molar-refractivity contribution in [3.05, 3.63) is 12.8 Å². The normalized spacial score (nSPS) is 9.08. The van der Waals surface area contributed by atoms with Crippen LogP contribution in [0.5, 0.6) is 0 Å². The third-order valence-corrected chi connectivity index (χ3v) is 1.94. The van der Waals surface area contributed by atoms with Crippen LogP contribution in [0.1, 0.15) is 19.8 Å². The van der Waals surface area contributed by atoms with Gasteiger partial charge < -0.3 is 4.74 Å². The zero-order valence-corrected chi connectivity index (χ0v) is 7.86. The third kappa shape index (κ3) is 7.34. The molecule has 0 aromatic heterocycles. The smallest absolute Gasteiger partial charge is 0.310 e. The highest BCUT2D eigenvalue weighted by atomic mass is 32.2. The number of hydrogen-bond acceptors (Lipinski definition) is 4. The van der Waals surface area contributed by atoms with Crippen LogP contribution in [0, 0.1) is 0 Å². The lowest BCUT2D eigenvalue weighted by Gasteiger charge is -1.97. The molecule has 0 spiro atoms. The second-order valence-electron chi connectivity index (χ2n) is 2.10. The van der Waals surface area contributed by atoms with Crippen molar-refractivity contribution in [3.8, 4) is 0 Å². The summed E-state index contributed by atoms with van der Waals surface area (Å²) >= 11 is 1.22. The van der Waals surface area contributed by atoms with E-state index in [-0.39, 0.29) is 11.1 Å². The molecule has 0 aromatic rings. The van der Waals surface area contributed by atoms with E-state index >= 15 is 0 Å². The van der Waals surface area contributed by atoms with E-state index < -0.39 is 0 Å². The molecule has 0 fully saturated rings. The van der Waals surface area contributed by atoms with Crippen LogP contribution in [0.25, 0.3) is 0 Å². The first-order chi connectivity index (χ1) is 5.66. The second-order valence-corrected chi connectivity index (χ2v) is 3.37. The number of esters is 1. The first-order valence-corrected chi connectivity index (χ1v) is 4.59. The van der Waals surface area contributed by atoms with Gasteiger partial charge in [0.15, 0.2) is 5.12 Å². The highest BCUT2D eigenvalue weighted by Crippen LogP contribution is 2.05. The number of carbonyl (C=O) groups excluding carboxylic acids is 2. The van der Waals surface area contributed by atoms with Gasteiger partial charge >= 0.3 is 5.97 Å². The van der Waals surface area contributed by atoms with Crippen LogP contribution < -0.4 is 0 Å². The molecule has 0 bridgehead atoms. The van der Waals surface area contributed by atoms with E-state index in [1.54, 1.807) is 0 Å². The summed E-state index contributed by atoms with van der Waals surface area (Å²) in [5, 5.41) is 0.0760. The van der Waals surface area contributed by atoms with E-state index in [4.69, 9.17) is 0 Å². The first kappa shape index (κ1) is 11.2. The Kier molecular flexibility index (Phi) is 6.47. The van der Waals surface area contributed by atoms with Crippen molar-refractivity contribution >= 4 is 22.8 Å². The predicted molar refractivity (Wildman–Crippen MR) is 48.7 cm³/mol. The van der Waals surface area contributed by atoms with Crippen LogP contribution in [0.2, 0.25) is 0 Å². The van der Waals surface area contributed by atoms with Crippen LogP contribution >= 0.6 is 11.8 Å². The predicted octanol–water partition coefficient (Wildman–Crippen LogP) is 1.73. The van der Waals surface area contributed by atoms with Gasteiger partial charge in [0.05, 0.1) is 6.26 Å². The SMILES string of the molecule is C=COC(=O)CCCSC(C)=O. The van der Waals surface area contributed by atoms with Crippen LogP contribution in [0.15, 0.2) is 12.8 Å². The molecule has 12 heavy (non-hydrogen) atoms. The van der Waals surface area contributed by atoms with E-state index in [1.807, 2.05) is 0 Å². The highest BCUT2D eigenvalue weighted by Gasteiger charge is 2.00. The molecule has 0 N–H and O–H groups in total. The minimum absolute atomic E-state index is 0.0760. The molecule has 0 aliphatic heterocycles. The van der Waals surface area contributed by atoms with Gasteiger partial charge in [0, 0.05) is 19.1 Å². The summed E-state index contributed by atoms with van der Waals surface area (Å²) < 4.78 is 4.48. The standard InChI is InChI=1S/C8H12O3S/c1-3-11-8(10)5-4-6-12-7(2)9/h3H,1,4-6H2,2H3. The average molecular weight is 188 g/mol. The number of hydrogen-bond donors (Lipinski definition) is 0. The molecule has 3 nitrogen and oxygen atoms in total.